The SMILES string of the molecule is c1cc2ccc3c(c2[nH]1)NCCN3. The Labute approximate surface area is 76.1 Å². The van der Waals surface area contributed by atoms with Gasteiger partial charge in [-0.3, -0.25) is 0 Å². The summed E-state index contributed by atoms with van der Waals surface area (Å²) in [6, 6.07) is 6.34. The Morgan fingerprint density at radius 2 is 1.92 bits per heavy atom. The van der Waals surface area contributed by atoms with E-state index in [9.17, 15) is 0 Å². The van der Waals surface area contributed by atoms with E-state index in [1.165, 1.54) is 22.3 Å². The highest BCUT2D eigenvalue weighted by molar-refractivity contribution is 5.98. The Balaban J connectivity index is 2.34. The van der Waals surface area contributed by atoms with Crippen molar-refractivity contribution in [2.24, 2.45) is 0 Å². The van der Waals surface area contributed by atoms with Gasteiger partial charge in [0, 0.05) is 24.7 Å². The monoisotopic (exact) mass is 173 g/mol. The van der Waals surface area contributed by atoms with Crippen LogP contribution in [0.25, 0.3) is 10.9 Å². The number of aromatic nitrogens is 1. The van der Waals surface area contributed by atoms with Crippen molar-refractivity contribution in [2.45, 2.75) is 0 Å². The van der Waals surface area contributed by atoms with Gasteiger partial charge in [-0.05, 0) is 12.1 Å². The van der Waals surface area contributed by atoms with Crippen LogP contribution < -0.4 is 10.6 Å². The molecule has 0 atom stereocenters. The number of H-pyrrole nitrogens is 1. The van der Waals surface area contributed by atoms with E-state index >= 15 is 0 Å². The first-order valence-corrected chi connectivity index (χ1v) is 4.53. The standard InChI is InChI=1S/C10H11N3/c1-2-8-10(13-6-5-11-8)9-7(1)3-4-12-9/h1-4,11-13H,5-6H2. The Morgan fingerprint density at radius 3 is 2.92 bits per heavy atom. The van der Waals surface area contributed by atoms with E-state index in [1.54, 1.807) is 0 Å². The summed E-state index contributed by atoms with van der Waals surface area (Å²) in [6.07, 6.45) is 1.97. The van der Waals surface area contributed by atoms with E-state index in [-0.39, 0.29) is 0 Å². The van der Waals surface area contributed by atoms with E-state index in [2.05, 4.69) is 33.8 Å². The molecule has 0 saturated carbocycles. The van der Waals surface area contributed by atoms with Gasteiger partial charge in [-0.15, -0.1) is 0 Å². The highest BCUT2D eigenvalue weighted by Gasteiger charge is 2.10. The smallest absolute Gasteiger partial charge is 0.0821 e. The summed E-state index contributed by atoms with van der Waals surface area (Å²) in [5.74, 6) is 0. The number of hydrogen-bond donors (Lipinski definition) is 3. The molecular weight excluding hydrogens is 162 g/mol. The van der Waals surface area contributed by atoms with Gasteiger partial charge in [0.05, 0.1) is 16.9 Å². The van der Waals surface area contributed by atoms with Gasteiger partial charge in [0.2, 0.25) is 0 Å². The zero-order valence-electron chi connectivity index (χ0n) is 7.22. The van der Waals surface area contributed by atoms with Crippen LogP contribution in [0.1, 0.15) is 0 Å². The third-order valence-corrected chi connectivity index (χ3v) is 2.47. The van der Waals surface area contributed by atoms with Gasteiger partial charge in [0.15, 0.2) is 0 Å². The molecule has 3 N–H and O–H groups in total. The van der Waals surface area contributed by atoms with Gasteiger partial charge in [0.1, 0.15) is 0 Å². The Kier molecular flexibility index (Phi) is 1.27. The summed E-state index contributed by atoms with van der Waals surface area (Å²) in [6.45, 7) is 1.99. The van der Waals surface area contributed by atoms with Gasteiger partial charge in [0.25, 0.3) is 0 Å². The van der Waals surface area contributed by atoms with Gasteiger partial charge in [-0.2, -0.15) is 0 Å². The maximum absolute atomic E-state index is 3.40. The van der Waals surface area contributed by atoms with E-state index in [0.29, 0.717) is 0 Å². The predicted octanol–water partition coefficient (Wildman–Crippen LogP) is 2.01. The third-order valence-electron chi connectivity index (χ3n) is 2.47. The van der Waals surface area contributed by atoms with E-state index in [1.807, 2.05) is 6.20 Å². The summed E-state index contributed by atoms with van der Waals surface area (Å²) in [5, 5.41) is 8.02. The molecule has 0 bridgehead atoms. The van der Waals surface area contributed by atoms with Crippen molar-refractivity contribution in [2.75, 3.05) is 23.7 Å². The van der Waals surface area contributed by atoms with Crippen molar-refractivity contribution < 1.29 is 0 Å². The van der Waals surface area contributed by atoms with Crippen molar-refractivity contribution in [3.05, 3.63) is 24.4 Å². The molecule has 2 heterocycles. The fraction of sp³-hybridized carbons (Fsp3) is 0.200. The van der Waals surface area contributed by atoms with E-state index < -0.39 is 0 Å². The van der Waals surface area contributed by atoms with Crippen molar-refractivity contribution in [1.82, 2.24) is 4.98 Å². The lowest BCUT2D eigenvalue weighted by Crippen LogP contribution is -2.20. The molecule has 2 aromatic rings. The number of aromatic amines is 1. The fourth-order valence-electron chi connectivity index (χ4n) is 1.84. The molecule has 3 heteroatoms. The number of anilines is 2. The molecule has 1 aliphatic heterocycles. The van der Waals surface area contributed by atoms with Crippen molar-refractivity contribution in [3.8, 4) is 0 Å². The third kappa shape index (κ3) is 0.900. The summed E-state index contributed by atoms with van der Waals surface area (Å²) < 4.78 is 0. The van der Waals surface area contributed by atoms with Crippen LogP contribution in [0.4, 0.5) is 11.4 Å². The first kappa shape index (κ1) is 6.83. The van der Waals surface area contributed by atoms with Crippen molar-refractivity contribution >= 4 is 22.3 Å². The Morgan fingerprint density at radius 1 is 1.00 bits per heavy atom. The Hall–Kier alpha value is -1.64. The highest BCUT2D eigenvalue weighted by Crippen LogP contribution is 2.31. The van der Waals surface area contributed by atoms with Crippen LogP contribution in [0, 0.1) is 0 Å². The molecule has 66 valence electrons. The summed E-state index contributed by atoms with van der Waals surface area (Å²) in [7, 11) is 0. The molecule has 1 aromatic heterocycles. The predicted molar refractivity (Wildman–Crippen MR) is 55.3 cm³/mol. The maximum atomic E-state index is 3.40. The molecule has 3 nitrogen and oxygen atoms in total. The van der Waals surface area contributed by atoms with Gasteiger partial charge in [-0.25, -0.2) is 0 Å². The molecule has 1 aliphatic rings. The molecule has 1 aromatic carbocycles. The van der Waals surface area contributed by atoms with Crippen LogP contribution in [0.15, 0.2) is 24.4 Å². The lowest BCUT2D eigenvalue weighted by Gasteiger charge is -2.20. The Bertz CT molecular complexity index is 444. The second-order valence-electron chi connectivity index (χ2n) is 3.28. The average Bonchev–Trinajstić information content (AvgIpc) is 2.65. The molecule has 3 rings (SSSR count). The minimum atomic E-state index is 0.991. The zero-order valence-corrected chi connectivity index (χ0v) is 7.22. The largest absolute Gasteiger partial charge is 0.382 e. The summed E-state index contributed by atoms with van der Waals surface area (Å²) >= 11 is 0. The van der Waals surface area contributed by atoms with Crippen LogP contribution in [-0.2, 0) is 0 Å². The van der Waals surface area contributed by atoms with Crippen LogP contribution in [-0.4, -0.2) is 18.1 Å². The van der Waals surface area contributed by atoms with Crippen LogP contribution in [0.5, 0.6) is 0 Å². The summed E-state index contributed by atoms with van der Waals surface area (Å²) in [5.41, 5.74) is 3.60. The normalized spacial score (nSPS) is 14.8. The molecular formula is C10H11N3. The van der Waals surface area contributed by atoms with E-state index in [0.717, 1.165) is 13.1 Å². The van der Waals surface area contributed by atoms with Crippen LogP contribution >= 0.6 is 0 Å². The second-order valence-corrected chi connectivity index (χ2v) is 3.28. The number of rotatable bonds is 0. The molecule has 0 saturated heterocycles. The summed E-state index contributed by atoms with van der Waals surface area (Å²) in [4.78, 5) is 3.25. The average molecular weight is 173 g/mol. The zero-order chi connectivity index (χ0) is 8.67. The van der Waals surface area contributed by atoms with Crippen molar-refractivity contribution in [3.63, 3.8) is 0 Å². The molecule has 0 radical (unpaired) electrons. The number of hydrogen-bond acceptors (Lipinski definition) is 2. The molecule has 0 unspecified atom stereocenters. The number of nitrogens with one attached hydrogen (secondary N) is 3. The lowest BCUT2D eigenvalue weighted by molar-refractivity contribution is 1.05. The topological polar surface area (TPSA) is 39.9 Å². The minimum Gasteiger partial charge on any atom is -0.382 e. The molecule has 0 fully saturated rings. The first-order valence-electron chi connectivity index (χ1n) is 4.53. The van der Waals surface area contributed by atoms with Gasteiger partial charge < -0.3 is 15.6 Å². The van der Waals surface area contributed by atoms with E-state index in [4.69, 9.17) is 0 Å². The molecule has 0 aliphatic carbocycles. The first-order chi connectivity index (χ1) is 6.45. The minimum absolute atomic E-state index is 0.991. The highest BCUT2D eigenvalue weighted by atomic mass is 15.0. The van der Waals surface area contributed by atoms with Gasteiger partial charge in [-0.1, -0.05) is 6.07 Å². The molecule has 0 spiro atoms. The molecule has 13 heavy (non-hydrogen) atoms. The quantitative estimate of drug-likeness (QED) is 0.570. The fourth-order valence-corrected chi connectivity index (χ4v) is 1.84. The van der Waals surface area contributed by atoms with Crippen molar-refractivity contribution in [1.29, 1.82) is 0 Å². The van der Waals surface area contributed by atoms with Crippen LogP contribution in [0.3, 0.4) is 0 Å². The number of benzene rings is 1. The van der Waals surface area contributed by atoms with Crippen LogP contribution in [0.2, 0.25) is 0 Å². The maximum Gasteiger partial charge on any atom is 0.0821 e. The molecule has 0 amide bonds. The number of fused-ring (bicyclic) bond motifs is 3. The van der Waals surface area contributed by atoms with Gasteiger partial charge >= 0.3 is 0 Å². The second kappa shape index (κ2) is 2.42. The lowest BCUT2D eigenvalue weighted by atomic mass is 10.1.